The van der Waals surface area contributed by atoms with Crippen LogP contribution in [0.1, 0.15) is 50.2 Å². The maximum atomic E-state index is 6.31. The van der Waals surface area contributed by atoms with Crippen molar-refractivity contribution in [2.75, 3.05) is 6.54 Å². The van der Waals surface area contributed by atoms with Crippen LogP contribution in [-0.2, 0) is 6.42 Å². The third-order valence-electron chi connectivity index (χ3n) is 4.36. The Hall–Kier alpha value is -1.02. The van der Waals surface area contributed by atoms with Gasteiger partial charge in [-0.3, -0.25) is 0 Å². The second kappa shape index (κ2) is 6.95. The van der Waals surface area contributed by atoms with E-state index in [9.17, 15) is 0 Å². The summed E-state index contributed by atoms with van der Waals surface area (Å²) in [5, 5.41) is 0. The van der Waals surface area contributed by atoms with E-state index in [-0.39, 0.29) is 0 Å². The van der Waals surface area contributed by atoms with Gasteiger partial charge >= 0.3 is 0 Å². The lowest BCUT2D eigenvalue weighted by atomic mass is 9.86. The predicted octanol–water partition coefficient (Wildman–Crippen LogP) is 3.84. The van der Waals surface area contributed by atoms with Crippen molar-refractivity contribution >= 4 is 0 Å². The molecular formula is C17H27NO. The van der Waals surface area contributed by atoms with Crippen LogP contribution in [0, 0.1) is 12.8 Å². The summed E-state index contributed by atoms with van der Waals surface area (Å²) >= 11 is 0. The van der Waals surface area contributed by atoms with Crippen LogP contribution >= 0.6 is 0 Å². The lowest BCUT2D eigenvalue weighted by molar-refractivity contribution is 0.128. The molecule has 1 aromatic rings. The fourth-order valence-corrected chi connectivity index (χ4v) is 3.06. The summed E-state index contributed by atoms with van der Waals surface area (Å²) in [5.74, 6) is 2.01. The summed E-state index contributed by atoms with van der Waals surface area (Å²) in [6, 6.07) is 6.38. The highest BCUT2D eigenvalue weighted by Crippen LogP contribution is 2.32. The van der Waals surface area contributed by atoms with Gasteiger partial charge in [-0.05, 0) is 62.6 Å². The van der Waals surface area contributed by atoms with Gasteiger partial charge in [0.25, 0.3) is 0 Å². The summed E-state index contributed by atoms with van der Waals surface area (Å²) in [6.07, 6.45) is 7.67. The Balaban J connectivity index is 2.02. The van der Waals surface area contributed by atoms with Gasteiger partial charge in [0.1, 0.15) is 5.75 Å². The van der Waals surface area contributed by atoms with Crippen molar-refractivity contribution in [1.29, 1.82) is 0 Å². The van der Waals surface area contributed by atoms with Crippen molar-refractivity contribution in [2.45, 2.75) is 58.5 Å². The van der Waals surface area contributed by atoms with Gasteiger partial charge in [-0.15, -0.1) is 0 Å². The molecule has 2 nitrogen and oxygen atoms in total. The summed E-state index contributed by atoms with van der Waals surface area (Å²) in [6.45, 7) is 5.11. The quantitative estimate of drug-likeness (QED) is 0.874. The first-order valence-electron chi connectivity index (χ1n) is 7.69. The molecule has 1 aromatic carbocycles. The normalized spacial score (nSPS) is 23.3. The Morgan fingerprint density at radius 3 is 2.58 bits per heavy atom. The highest BCUT2D eigenvalue weighted by molar-refractivity contribution is 5.41. The minimum atomic E-state index is 0.403. The molecule has 0 bridgehead atoms. The zero-order valence-corrected chi connectivity index (χ0v) is 12.3. The van der Waals surface area contributed by atoms with E-state index in [4.69, 9.17) is 10.5 Å². The Labute approximate surface area is 117 Å². The van der Waals surface area contributed by atoms with Gasteiger partial charge in [-0.25, -0.2) is 0 Å². The van der Waals surface area contributed by atoms with Crippen LogP contribution in [0.3, 0.4) is 0 Å². The van der Waals surface area contributed by atoms with Crippen LogP contribution in [0.4, 0.5) is 0 Å². The minimum Gasteiger partial charge on any atom is -0.490 e. The van der Waals surface area contributed by atoms with Crippen molar-refractivity contribution in [3.63, 3.8) is 0 Å². The molecule has 1 aliphatic rings. The van der Waals surface area contributed by atoms with Crippen LogP contribution in [0.2, 0.25) is 0 Å². The molecule has 0 unspecified atom stereocenters. The van der Waals surface area contributed by atoms with E-state index in [1.807, 2.05) is 0 Å². The highest BCUT2D eigenvalue weighted by Gasteiger charge is 2.22. The van der Waals surface area contributed by atoms with Crippen molar-refractivity contribution in [3.05, 3.63) is 29.3 Å². The summed E-state index contributed by atoms with van der Waals surface area (Å²) < 4.78 is 6.31. The number of hydrogen-bond donors (Lipinski definition) is 1. The average molecular weight is 261 g/mol. The van der Waals surface area contributed by atoms with Gasteiger partial charge in [0.15, 0.2) is 0 Å². The summed E-state index contributed by atoms with van der Waals surface area (Å²) in [7, 11) is 0. The SMILES string of the molecule is CCC1CCC(Oc2c(C)cccc2CCN)CC1. The Morgan fingerprint density at radius 1 is 1.21 bits per heavy atom. The molecule has 19 heavy (non-hydrogen) atoms. The number of para-hydroxylation sites is 1. The van der Waals surface area contributed by atoms with Gasteiger partial charge in [-0.1, -0.05) is 31.5 Å². The maximum Gasteiger partial charge on any atom is 0.125 e. The molecular weight excluding hydrogens is 234 g/mol. The Kier molecular flexibility index (Phi) is 5.26. The molecule has 2 N–H and O–H groups in total. The van der Waals surface area contributed by atoms with Crippen LogP contribution < -0.4 is 10.5 Å². The summed E-state index contributed by atoms with van der Waals surface area (Å²) in [5.41, 5.74) is 8.20. The molecule has 2 rings (SSSR count). The standard InChI is InChI=1S/C17H27NO/c1-3-14-7-9-16(10-8-14)19-17-13(2)5-4-6-15(17)11-12-18/h4-6,14,16H,3,7-12,18H2,1-2H3. The van der Waals surface area contributed by atoms with Gasteiger partial charge in [0.05, 0.1) is 6.10 Å². The highest BCUT2D eigenvalue weighted by atomic mass is 16.5. The van der Waals surface area contributed by atoms with Gasteiger partial charge in [-0.2, -0.15) is 0 Å². The third-order valence-corrected chi connectivity index (χ3v) is 4.36. The molecule has 106 valence electrons. The molecule has 2 heteroatoms. The molecule has 0 amide bonds. The van der Waals surface area contributed by atoms with E-state index in [2.05, 4.69) is 32.0 Å². The van der Waals surface area contributed by atoms with Crippen LogP contribution in [0.25, 0.3) is 0 Å². The Bertz CT molecular complexity index is 394. The second-order valence-electron chi connectivity index (χ2n) is 5.77. The molecule has 1 aliphatic carbocycles. The largest absolute Gasteiger partial charge is 0.490 e. The lowest BCUT2D eigenvalue weighted by Crippen LogP contribution is -2.24. The molecule has 0 aromatic heterocycles. The molecule has 0 radical (unpaired) electrons. The Morgan fingerprint density at radius 2 is 1.95 bits per heavy atom. The topological polar surface area (TPSA) is 35.2 Å². The van der Waals surface area contributed by atoms with E-state index < -0.39 is 0 Å². The van der Waals surface area contributed by atoms with E-state index in [0.717, 1.165) is 18.1 Å². The predicted molar refractivity (Wildman–Crippen MR) is 80.6 cm³/mol. The van der Waals surface area contributed by atoms with E-state index in [1.165, 1.54) is 43.2 Å². The van der Waals surface area contributed by atoms with Gasteiger partial charge < -0.3 is 10.5 Å². The fourth-order valence-electron chi connectivity index (χ4n) is 3.06. The number of ether oxygens (including phenoxy) is 1. The second-order valence-corrected chi connectivity index (χ2v) is 5.77. The number of benzene rings is 1. The van der Waals surface area contributed by atoms with Crippen LogP contribution in [0.15, 0.2) is 18.2 Å². The molecule has 0 heterocycles. The average Bonchev–Trinajstić information content (AvgIpc) is 2.44. The molecule has 0 atom stereocenters. The number of nitrogens with two attached hydrogens (primary N) is 1. The fraction of sp³-hybridized carbons (Fsp3) is 0.647. The van der Waals surface area contributed by atoms with E-state index >= 15 is 0 Å². The first kappa shape index (κ1) is 14.4. The molecule has 0 spiro atoms. The number of rotatable bonds is 5. The third kappa shape index (κ3) is 3.73. The van der Waals surface area contributed by atoms with Crippen molar-refractivity contribution in [2.24, 2.45) is 11.7 Å². The monoisotopic (exact) mass is 261 g/mol. The zero-order chi connectivity index (χ0) is 13.7. The van der Waals surface area contributed by atoms with Crippen molar-refractivity contribution < 1.29 is 4.74 Å². The zero-order valence-electron chi connectivity index (χ0n) is 12.3. The summed E-state index contributed by atoms with van der Waals surface area (Å²) in [4.78, 5) is 0. The number of aryl methyl sites for hydroxylation is 1. The number of hydrogen-bond acceptors (Lipinski definition) is 2. The molecule has 1 saturated carbocycles. The molecule has 0 saturated heterocycles. The molecule has 1 fully saturated rings. The van der Waals surface area contributed by atoms with Gasteiger partial charge in [0.2, 0.25) is 0 Å². The van der Waals surface area contributed by atoms with Crippen LogP contribution in [-0.4, -0.2) is 12.6 Å². The molecule has 0 aliphatic heterocycles. The maximum absolute atomic E-state index is 6.31. The lowest BCUT2D eigenvalue weighted by Gasteiger charge is -2.29. The smallest absolute Gasteiger partial charge is 0.125 e. The van der Waals surface area contributed by atoms with Crippen molar-refractivity contribution in [1.82, 2.24) is 0 Å². The van der Waals surface area contributed by atoms with E-state index in [1.54, 1.807) is 0 Å². The van der Waals surface area contributed by atoms with Crippen LogP contribution in [0.5, 0.6) is 5.75 Å². The van der Waals surface area contributed by atoms with E-state index in [0.29, 0.717) is 12.6 Å². The van der Waals surface area contributed by atoms with Gasteiger partial charge in [0, 0.05) is 0 Å². The van der Waals surface area contributed by atoms with Crippen molar-refractivity contribution in [3.8, 4) is 5.75 Å². The first-order valence-corrected chi connectivity index (χ1v) is 7.69. The minimum absolute atomic E-state index is 0.403. The first-order chi connectivity index (χ1) is 9.24.